The molecule has 5 rings (SSSR count). The van der Waals surface area contributed by atoms with E-state index in [1.54, 1.807) is 6.07 Å². The van der Waals surface area contributed by atoms with Gasteiger partial charge < -0.3 is 0 Å². The van der Waals surface area contributed by atoms with E-state index in [0.29, 0.717) is 34.0 Å². The third-order valence-electron chi connectivity index (χ3n) is 7.02. The maximum atomic E-state index is 13.5. The van der Waals surface area contributed by atoms with Crippen LogP contribution in [0.2, 0.25) is 0 Å². The quantitative estimate of drug-likeness (QED) is 0.522. The number of benzene rings is 1. The van der Waals surface area contributed by atoms with Crippen molar-refractivity contribution in [2.24, 2.45) is 5.92 Å². The summed E-state index contributed by atoms with van der Waals surface area (Å²) >= 11 is 1.22. The van der Waals surface area contributed by atoms with Crippen molar-refractivity contribution in [3.8, 4) is 6.07 Å². The molecule has 3 saturated carbocycles. The second-order valence-electron chi connectivity index (χ2n) is 9.62. The smallest absolute Gasteiger partial charge is 0.181 e. The Morgan fingerprint density at radius 1 is 1.21 bits per heavy atom. The van der Waals surface area contributed by atoms with Gasteiger partial charge in [0, 0.05) is 18.8 Å². The van der Waals surface area contributed by atoms with Crippen molar-refractivity contribution >= 4 is 32.7 Å². The zero-order valence-corrected chi connectivity index (χ0v) is 20.0. The zero-order chi connectivity index (χ0) is 23.2. The van der Waals surface area contributed by atoms with E-state index in [-0.39, 0.29) is 35.1 Å². The number of nitriles is 1. The fourth-order valence-corrected chi connectivity index (χ4v) is 7.56. The molecule has 0 spiro atoms. The number of nitrogens with zero attached hydrogens (tertiary/aromatic N) is 2. The Morgan fingerprint density at radius 2 is 2.00 bits per heavy atom. The summed E-state index contributed by atoms with van der Waals surface area (Å²) in [6.45, 7) is 0. The van der Waals surface area contributed by atoms with Crippen LogP contribution in [0.1, 0.15) is 84.2 Å². The van der Waals surface area contributed by atoms with Crippen LogP contribution >= 0.6 is 11.3 Å². The van der Waals surface area contributed by atoms with Crippen molar-refractivity contribution in [1.29, 1.82) is 5.26 Å². The molecule has 3 aliphatic carbocycles. The minimum absolute atomic E-state index is 0.00716. The molecule has 0 unspecified atom stereocenters. The summed E-state index contributed by atoms with van der Waals surface area (Å²) in [7, 11) is -3.31. The molecule has 0 amide bonds. The Bertz CT molecular complexity index is 1250. The highest BCUT2D eigenvalue weighted by Gasteiger charge is 2.41. The van der Waals surface area contributed by atoms with Gasteiger partial charge in [0.25, 0.3) is 0 Å². The number of aromatic nitrogens is 1. The molecule has 3 aliphatic rings. The number of hydrogen-bond donors (Lipinski definition) is 0. The monoisotopic (exact) mass is 482 g/mol. The average molecular weight is 483 g/mol. The first-order valence-electron chi connectivity index (χ1n) is 11.6. The van der Waals surface area contributed by atoms with Gasteiger partial charge in [0.2, 0.25) is 0 Å². The number of rotatable bonds is 9. The van der Waals surface area contributed by atoms with Gasteiger partial charge in [-0.1, -0.05) is 12.1 Å². The molecule has 2 aromatic rings. The number of sulfone groups is 1. The molecule has 8 heteroatoms. The maximum absolute atomic E-state index is 13.5. The van der Waals surface area contributed by atoms with E-state index in [2.05, 4.69) is 11.1 Å². The SMILES string of the molecule is N#Cc1cnc(CC(=O)[C@H](C[C@H]2CCC(=O)C2)c2ccc(S(=O)(=O)C3CC3)c(C3CC3)c2)s1. The molecule has 1 heterocycles. The van der Waals surface area contributed by atoms with Crippen LogP contribution in [0.25, 0.3) is 0 Å². The number of Topliss-reactive ketones (excluding diaryl/α,β-unsaturated/α-hetero) is 2. The Balaban J connectivity index is 1.47. The zero-order valence-electron chi connectivity index (χ0n) is 18.3. The highest BCUT2D eigenvalue weighted by Crippen LogP contribution is 2.47. The minimum atomic E-state index is -3.31. The fraction of sp³-hybridized carbons (Fsp3) is 0.520. The van der Waals surface area contributed by atoms with E-state index in [0.717, 1.165) is 43.2 Å². The second kappa shape index (κ2) is 8.77. The van der Waals surface area contributed by atoms with Gasteiger partial charge in [0.15, 0.2) is 9.84 Å². The van der Waals surface area contributed by atoms with Gasteiger partial charge in [-0.25, -0.2) is 13.4 Å². The average Bonchev–Trinajstić information content (AvgIpc) is 3.72. The topological polar surface area (TPSA) is 105 Å². The summed E-state index contributed by atoms with van der Waals surface area (Å²) in [5, 5.41) is 9.41. The van der Waals surface area contributed by atoms with Gasteiger partial charge in [0.05, 0.1) is 22.8 Å². The van der Waals surface area contributed by atoms with E-state index in [1.807, 2.05) is 12.1 Å². The predicted octanol–water partition coefficient (Wildman–Crippen LogP) is 4.48. The molecule has 6 nitrogen and oxygen atoms in total. The largest absolute Gasteiger partial charge is 0.300 e. The van der Waals surface area contributed by atoms with Crippen molar-refractivity contribution in [2.75, 3.05) is 0 Å². The van der Waals surface area contributed by atoms with Crippen LogP contribution in [0.4, 0.5) is 0 Å². The first-order chi connectivity index (χ1) is 15.8. The Hall–Kier alpha value is -2.37. The van der Waals surface area contributed by atoms with Crippen LogP contribution in [0.3, 0.4) is 0 Å². The highest BCUT2D eigenvalue weighted by molar-refractivity contribution is 7.92. The van der Waals surface area contributed by atoms with Gasteiger partial charge in [-0.05, 0) is 67.6 Å². The summed E-state index contributed by atoms with van der Waals surface area (Å²) < 4.78 is 26.0. The van der Waals surface area contributed by atoms with Crippen LogP contribution in [0.5, 0.6) is 0 Å². The van der Waals surface area contributed by atoms with Gasteiger partial charge in [-0.3, -0.25) is 9.59 Å². The number of hydrogen-bond acceptors (Lipinski definition) is 7. The third-order valence-corrected chi connectivity index (χ3v) is 10.3. The third kappa shape index (κ3) is 4.80. The van der Waals surface area contributed by atoms with Gasteiger partial charge in [-0.2, -0.15) is 5.26 Å². The first kappa shape index (κ1) is 22.4. The van der Waals surface area contributed by atoms with Crippen molar-refractivity contribution in [1.82, 2.24) is 4.98 Å². The van der Waals surface area contributed by atoms with Crippen molar-refractivity contribution in [3.05, 3.63) is 45.4 Å². The van der Waals surface area contributed by atoms with E-state index in [1.165, 1.54) is 17.5 Å². The van der Waals surface area contributed by atoms with E-state index < -0.39 is 15.8 Å². The highest BCUT2D eigenvalue weighted by atomic mass is 32.2. The summed E-state index contributed by atoms with van der Waals surface area (Å²) in [6, 6.07) is 7.53. The number of carbonyl (C=O) groups is 2. The normalized spacial score (nSPS) is 21.7. The molecule has 0 saturated heterocycles. The van der Waals surface area contributed by atoms with Gasteiger partial charge >= 0.3 is 0 Å². The van der Waals surface area contributed by atoms with Crippen LogP contribution in [-0.2, 0) is 25.8 Å². The summed E-state index contributed by atoms with van der Waals surface area (Å²) in [6.07, 6.45) is 7.47. The lowest BCUT2D eigenvalue weighted by atomic mass is 9.83. The Morgan fingerprint density at radius 3 is 2.61 bits per heavy atom. The minimum Gasteiger partial charge on any atom is -0.300 e. The molecule has 33 heavy (non-hydrogen) atoms. The summed E-state index contributed by atoms with van der Waals surface area (Å²) in [5.41, 5.74) is 1.70. The molecule has 0 radical (unpaired) electrons. The van der Waals surface area contributed by atoms with Crippen LogP contribution in [0, 0.1) is 17.2 Å². The van der Waals surface area contributed by atoms with Crippen LogP contribution in [0.15, 0.2) is 29.3 Å². The molecule has 1 aromatic carbocycles. The maximum Gasteiger partial charge on any atom is 0.181 e. The molecular weight excluding hydrogens is 456 g/mol. The molecule has 0 N–H and O–H groups in total. The number of thiazole rings is 1. The molecular formula is C25H26N2O4S2. The molecule has 1 aromatic heterocycles. The predicted molar refractivity (Wildman–Crippen MR) is 124 cm³/mol. The van der Waals surface area contributed by atoms with Crippen molar-refractivity contribution in [3.63, 3.8) is 0 Å². The first-order valence-corrected chi connectivity index (χ1v) is 14.0. The van der Waals surface area contributed by atoms with Crippen LogP contribution < -0.4 is 0 Å². The van der Waals surface area contributed by atoms with E-state index in [9.17, 15) is 18.0 Å². The Kier molecular flexibility index (Phi) is 5.96. The number of ketones is 2. The molecule has 172 valence electrons. The van der Waals surface area contributed by atoms with Crippen molar-refractivity contribution < 1.29 is 18.0 Å². The van der Waals surface area contributed by atoms with E-state index in [4.69, 9.17) is 5.26 Å². The lowest BCUT2D eigenvalue weighted by Crippen LogP contribution is -2.19. The summed E-state index contributed by atoms with van der Waals surface area (Å²) in [4.78, 5) is 30.4. The van der Waals surface area contributed by atoms with Crippen molar-refractivity contribution in [2.45, 2.75) is 79.8 Å². The molecule has 0 bridgehead atoms. The van der Waals surface area contributed by atoms with Gasteiger partial charge in [0.1, 0.15) is 27.5 Å². The molecule has 0 aliphatic heterocycles. The number of carbonyl (C=O) groups excluding carboxylic acids is 2. The lowest BCUT2D eigenvalue weighted by molar-refractivity contribution is -0.121. The molecule has 3 fully saturated rings. The van der Waals surface area contributed by atoms with Gasteiger partial charge in [-0.15, -0.1) is 11.3 Å². The molecule has 2 atom stereocenters. The fourth-order valence-electron chi connectivity index (χ4n) is 4.91. The summed E-state index contributed by atoms with van der Waals surface area (Å²) in [5.74, 6) is 0.249. The standard InChI is InChI=1S/C25H26N2O4S2/c26-13-19-14-27-25(32-19)12-23(29)21(10-15-1-5-18(28)9-15)17-4-8-24(22(11-17)16-2-3-16)33(30,31)20-6-7-20/h4,8,11,14-16,20-21H,1-3,5-7,9-10,12H2/t15-,21+/m0/s1. The Labute approximate surface area is 198 Å². The van der Waals surface area contributed by atoms with Crippen LogP contribution in [-0.4, -0.2) is 30.2 Å². The van der Waals surface area contributed by atoms with E-state index >= 15 is 0 Å². The second-order valence-corrected chi connectivity index (χ2v) is 12.9. The lowest BCUT2D eigenvalue weighted by Gasteiger charge is -2.21.